The summed E-state index contributed by atoms with van der Waals surface area (Å²) in [5.74, 6) is 1.88. The second-order valence-corrected chi connectivity index (χ2v) is 7.68. The van der Waals surface area contributed by atoms with E-state index in [0.717, 1.165) is 12.0 Å². The lowest BCUT2D eigenvalue weighted by atomic mass is 10.1. The first-order chi connectivity index (χ1) is 15.6. The second kappa shape index (κ2) is 9.87. The van der Waals surface area contributed by atoms with Crippen LogP contribution in [-0.4, -0.2) is 40.8 Å². The maximum atomic E-state index is 13.3. The average Bonchev–Trinajstić information content (AvgIpc) is 3.27. The lowest BCUT2D eigenvalue weighted by molar-refractivity contribution is -0.128. The number of hydrogen-bond donors (Lipinski definition) is 0. The van der Waals surface area contributed by atoms with Gasteiger partial charge in [0.25, 0.3) is 5.91 Å². The van der Waals surface area contributed by atoms with Gasteiger partial charge in [0.2, 0.25) is 11.8 Å². The highest BCUT2D eigenvalue weighted by molar-refractivity contribution is 6.33. The van der Waals surface area contributed by atoms with E-state index in [9.17, 15) is 4.79 Å². The number of hydrogen-bond acceptors (Lipinski definition) is 6. The summed E-state index contributed by atoms with van der Waals surface area (Å²) in [4.78, 5) is 15.0. The molecule has 166 valence electrons. The predicted octanol–water partition coefficient (Wildman–Crippen LogP) is 5.00. The molecule has 0 saturated heterocycles. The standard InChI is InChI=1S/C24H24ClN3O4/c1-3-12-28(14-21-26-27-23(32-21)18-9-5-6-10-19(18)25)24(29)17-13-16-8-7-11-20(30-4-2)22(16)31-15-17/h5-11,13H,3-4,12,14-15H2,1-2H3. The number of aromatic nitrogens is 2. The van der Waals surface area contributed by atoms with Crippen LogP contribution in [0, 0.1) is 0 Å². The Bertz CT molecular complexity index is 1140. The van der Waals surface area contributed by atoms with Gasteiger partial charge in [0.1, 0.15) is 6.61 Å². The third kappa shape index (κ3) is 4.62. The summed E-state index contributed by atoms with van der Waals surface area (Å²) in [6, 6.07) is 12.9. The van der Waals surface area contributed by atoms with Crippen molar-refractivity contribution in [1.29, 1.82) is 0 Å². The smallest absolute Gasteiger partial charge is 0.253 e. The number of amides is 1. The van der Waals surface area contributed by atoms with Crippen molar-refractivity contribution in [3.8, 4) is 23.0 Å². The van der Waals surface area contributed by atoms with Crippen LogP contribution < -0.4 is 9.47 Å². The molecule has 0 radical (unpaired) electrons. The van der Waals surface area contributed by atoms with Crippen molar-refractivity contribution in [2.75, 3.05) is 19.8 Å². The van der Waals surface area contributed by atoms with Crippen LogP contribution in [0.4, 0.5) is 0 Å². The average molecular weight is 454 g/mol. The molecular weight excluding hydrogens is 430 g/mol. The topological polar surface area (TPSA) is 77.7 Å². The lowest BCUT2D eigenvalue weighted by Gasteiger charge is -2.25. The van der Waals surface area contributed by atoms with Gasteiger partial charge >= 0.3 is 0 Å². The number of benzene rings is 2. The van der Waals surface area contributed by atoms with Gasteiger partial charge in [-0.2, -0.15) is 0 Å². The van der Waals surface area contributed by atoms with E-state index in [4.69, 9.17) is 25.5 Å². The molecule has 32 heavy (non-hydrogen) atoms. The fourth-order valence-electron chi connectivity index (χ4n) is 3.52. The molecular formula is C24H24ClN3O4. The number of halogens is 1. The Morgan fingerprint density at radius 2 is 2.00 bits per heavy atom. The van der Waals surface area contributed by atoms with Gasteiger partial charge in [0.15, 0.2) is 11.5 Å². The largest absolute Gasteiger partial charge is 0.490 e. The molecule has 0 atom stereocenters. The third-order valence-electron chi connectivity index (χ3n) is 4.96. The maximum Gasteiger partial charge on any atom is 0.253 e. The van der Waals surface area contributed by atoms with Crippen LogP contribution in [0.15, 0.2) is 52.5 Å². The summed E-state index contributed by atoms with van der Waals surface area (Å²) in [6.45, 7) is 5.40. The molecule has 1 amide bonds. The van der Waals surface area contributed by atoms with E-state index in [0.29, 0.717) is 52.6 Å². The molecule has 1 aromatic heterocycles. The van der Waals surface area contributed by atoms with Gasteiger partial charge < -0.3 is 18.8 Å². The zero-order valence-corrected chi connectivity index (χ0v) is 18.8. The molecule has 7 nitrogen and oxygen atoms in total. The van der Waals surface area contributed by atoms with Crippen LogP contribution in [0.25, 0.3) is 17.5 Å². The Morgan fingerprint density at radius 3 is 2.78 bits per heavy atom. The van der Waals surface area contributed by atoms with Gasteiger partial charge in [-0.05, 0) is 37.6 Å². The normalized spacial score (nSPS) is 12.5. The molecule has 0 spiro atoms. The molecule has 8 heteroatoms. The van der Waals surface area contributed by atoms with Crippen LogP contribution in [0.5, 0.6) is 11.5 Å². The van der Waals surface area contributed by atoms with Gasteiger partial charge in [0.05, 0.1) is 29.3 Å². The number of para-hydroxylation sites is 1. The van der Waals surface area contributed by atoms with Crippen LogP contribution in [0.1, 0.15) is 31.7 Å². The minimum absolute atomic E-state index is 0.128. The molecule has 1 aliphatic heterocycles. The quantitative estimate of drug-likeness (QED) is 0.477. The van der Waals surface area contributed by atoms with Crippen molar-refractivity contribution in [2.45, 2.75) is 26.8 Å². The Morgan fingerprint density at radius 1 is 1.16 bits per heavy atom. The molecule has 3 aromatic rings. The fourth-order valence-corrected chi connectivity index (χ4v) is 3.74. The predicted molar refractivity (Wildman–Crippen MR) is 122 cm³/mol. The fraction of sp³-hybridized carbons (Fsp3) is 0.292. The van der Waals surface area contributed by atoms with E-state index in [2.05, 4.69) is 10.2 Å². The summed E-state index contributed by atoms with van der Waals surface area (Å²) < 4.78 is 17.3. The van der Waals surface area contributed by atoms with Gasteiger partial charge in [-0.25, -0.2) is 0 Å². The van der Waals surface area contributed by atoms with Crippen molar-refractivity contribution >= 4 is 23.6 Å². The second-order valence-electron chi connectivity index (χ2n) is 7.27. The first-order valence-electron chi connectivity index (χ1n) is 10.6. The zero-order chi connectivity index (χ0) is 22.5. The molecule has 4 rings (SSSR count). The minimum atomic E-state index is -0.128. The number of ether oxygens (including phenoxy) is 2. The van der Waals surface area contributed by atoms with E-state index in [-0.39, 0.29) is 19.1 Å². The molecule has 0 unspecified atom stereocenters. The molecule has 1 aliphatic rings. The molecule has 0 bridgehead atoms. The summed E-state index contributed by atoms with van der Waals surface area (Å²) in [5.41, 5.74) is 2.04. The first kappa shape index (κ1) is 21.9. The van der Waals surface area contributed by atoms with Crippen LogP contribution in [-0.2, 0) is 11.3 Å². The minimum Gasteiger partial charge on any atom is -0.490 e. The Kier molecular flexibility index (Phi) is 6.75. The van der Waals surface area contributed by atoms with Crippen LogP contribution in [0.3, 0.4) is 0 Å². The van der Waals surface area contributed by atoms with Crippen LogP contribution >= 0.6 is 11.6 Å². The summed E-state index contributed by atoms with van der Waals surface area (Å²) in [6.07, 6.45) is 2.64. The summed E-state index contributed by atoms with van der Waals surface area (Å²) in [7, 11) is 0. The Labute approximate surface area is 191 Å². The molecule has 0 aliphatic carbocycles. The SMILES string of the molecule is CCCN(Cc1nnc(-c2ccccc2Cl)o1)C(=O)C1=Cc2cccc(OCC)c2OC1. The molecule has 0 fully saturated rings. The van der Waals surface area contributed by atoms with Crippen molar-refractivity contribution in [1.82, 2.24) is 15.1 Å². The number of rotatable bonds is 8. The number of carbonyl (C=O) groups is 1. The molecule has 2 aromatic carbocycles. The number of carbonyl (C=O) groups excluding carboxylic acids is 1. The zero-order valence-electron chi connectivity index (χ0n) is 18.0. The van der Waals surface area contributed by atoms with E-state index < -0.39 is 0 Å². The van der Waals surface area contributed by atoms with E-state index >= 15 is 0 Å². The maximum absolute atomic E-state index is 13.3. The van der Waals surface area contributed by atoms with Crippen molar-refractivity contribution in [2.24, 2.45) is 0 Å². The van der Waals surface area contributed by atoms with Crippen molar-refractivity contribution in [3.05, 3.63) is 64.5 Å². The van der Waals surface area contributed by atoms with E-state index in [1.807, 2.05) is 56.3 Å². The highest BCUT2D eigenvalue weighted by atomic mass is 35.5. The molecule has 0 N–H and O–H groups in total. The van der Waals surface area contributed by atoms with Crippen molar-refractivity contribution < 1.29 is 18.7 Å². The highest BCUT2D eigenvalue weighted by Crippen LogP contribution is 2.36. The van der Waals surface area contributed by atoms with Gasteiger partial charge in [-0.1, -0.05) is 42.8 Å². The third-order valence-corrected chi connectivity index (χ3v) is 5.29. The monoisotopic (exact) mass is 453 g/mol. The van der Waals surface area contributed by atoms with Gasteiger partial charge in [-0.15, -0.1) is 10.2 Å². The van der Waals surface area contributed by atoms with Gasteiger partial charge in [0, 0.05) is 12.1 Å². The number of nitrogens with zero attached hydrogens (tertiary/aromatic N) is 3. The number of fused-ring (bicyclic) bond motifs is 1. The Hall–Kier alpha value is -3.32. The summed E-state index contributed by atoms with van der Waals surface area (Å²) in [5, 5.41) is 8.74. The first-order valence-corrected chi connectivity index (χ1v) is 10.9. The van der Waals surface area contributed by atoms with E-state index in [1.165, 1.54) is 0 Å². The molecule has 0 saturated carbocycles. The van der Waals surface area contributed by atoms with E-state index in [1.54, 1.807) is 11.0 Å². The van der Waals surface area contributed by atoms with Gasteiger partial charge in [-0.3, -0.25) is 4.79 Å². The summed E-state index contributed by atoms with van der Waals surface area (Å²) >= 11 is 6.23. The molecule has 2 heterocycles. The highest BCUT2D eigenvalue weighted by Gasteiger charge is 2.25. The van der Waals surface area contributed by atoms with Crippen molar-refractivity contribution in [3.63, 3.8) is 0 Å². The Balaban J connectivity index is 1.54. The van der Waals surface area contributed by atoms with Crippen LogP contribution in [0.2, 0.25) is 5.02 Å². The lowest BCUT2D eigenvalue weighted by Crippen LogP contribution is -2.34.